The first kappa shape index (κ1) is 15.4. The first-order chi connectivity index (χ1) is 7.55. The van der Waals surface area contributed by atoms with Crippen LogP contribution in [0.25, 0.3) is 0 Å². The van der Waals surface area contributed by atoms with E-state index in [0.29, 0.717) is 11.5 Å². The van der Waals surface area contributed by atoms with E-state index < -0.39 is 5.41 Å². The Morgan fingerprint density at radius 2 is 1.69 bits per heavy atom. The van der Waals surface area contributed by atoms with Crippen LogP contribution in [0.2, 0.25) is 0 Å². The molecular formula is C12H24N2OS. The second kappa shape index (κ2) is 7.60. The fraction of sp³-hybridized carbons (Fsp3) is 0.833. The first-order valence-electron chi connectivity index (χ1n) is 6.13. The van der Waals surface area contributed by atoms with Crippen molar-refractivity contribution in [3.63, 3.8) is 0 Å². The number of carbonyl (C=O) groups excluding carboxylic acids is 1. The van der Waals surface area contributed by atoms with Crippen molar-refractivity contribution in [2.45, 2.75) is 52.9 Å². The molecule has 0 heterocycles. The van der Waals surface area contributed by atoms with Crippen molar-refractivity contribution in [1.82, 2.24) is 5.32 Å². The van der Waals surface area contributed by atoms with Crippen molar-refractivity contribution in [3.8, 4) is 0 Å². The molecule has 94 valence electrons. The van der Waals surface area contributed by atoms with Gasteiger partial charge >= 0.3 is 0 Å². The molecule has 1 amide bonds. The summed E-state index contributed by atoms with van der Waals surface area (Å²) in [6, 6.07) is 0. The highest BCUT2D eigenvalue weighted by Gasteiger charge is 2.39. The molecule has 3 N–H and O–H groups in total. The third-order valence-electron chi connectivity index (χ3n) is 2.80. The molecule has 0 unspecified atom stereocenters. The van der Waals surface area contributed by atoms with Crippen LogP contribution in [0.3, 0.4) is 0 Å². The first-order valence-corrected chi connectivity index (χ1v) is 6.54. The van der Waals surface area contributed by atoms with Gasteiger partial charge in [-0.3, -0.25) is 4.79 Å². The summed E-state index contributed by atoms with van der Waals surface area (Å²) >= 11 is 5.10. The van der Waals surface area contributed by atoms with E-state index in [1.165, 1.54) is 0 Å². The zero-order valence-corrected chi connectivity index (χ0v) is 11.5. The summed E-state index contributed by atoms with van der Waals surface area (Å²) in [5.74, 6) is 0.00514. The molecule has 0 aromatic carbocycles. The topological polar surface area (TPSA) is 55.1 Å². The van der Waals surface area contributed by atoms with Crippen LogP contribution < -0.4 is 11.1 Å². The van der Waals surface area contributed by atoms with Crippen LogP contribution in [0.4, 0.5) is 0 Å². The molecule has 4 heteroatoms. The van der Waals surface area contributed by atoms with Crippen LogP contribution in [0.5, 0.6) is 0 Å². The van der Waals surface area contributed by atoms with Gasteiger partial charge in [-0.25, -0.2) is 0 Å². The van der Waals surface area contributed by atoms with Gasteiger partial charge in [0.25, 0.3) is 0 Å². The van der Waals surface area contributed by atoms with E-state index in [9.17, 15) is 4.79 Å². The average Bonchev–Trinajstić information content (AvgIpc) is 2.24. The van der Waals surface area contributed by atoms with E-state index in [2.05, 4.69) is 19.2 Å². The van der Waals surface area contributed by atoms with E-state index in [1.54, 1.807) is 0 Å². The summed E-state index contributed by atoms with van der Waals surface area (Å²) in [7, 11) is 0. The van der Waals surface area contributed by atoms with Gasteiger partial charge in [0.2, 0.25) is 5.91 Å². The van der Waals surface area contributed by atoms with Gasteiger partial charge < -0.3 is 11.1 Å². The Bertz CT molecular complexity index is 235. The molecule has 0 aromatic rings. The number of carbonyl (C=O) groups is 1. The maximum Gasteiger partial charge on any atom is 0.233 e. The predicted molar refractivity (Wildman–Crippen MR) is 72.3 cm³/mol. The van der Waals surface area contributed by atoms with Crippen molar-refractivity contribution < 1.29 is 4.79 Å². The second-order valence-electron chi connectivity index (χ2n) is 4.20. The van der Waals surface area contributed by atoms with Gasteiger partial charge in [0.15, 0.2) is 0 Å². The third kappa shape index (κ3) is 3.74. The second-order valence-corrected chi connectivity index (χ2v) is 4.64. The molecule has 0 rings (SSSR count). The third-order valence-corrected chi connectivity index (χ3v) is 3.19. The number of hydrogen-bond donors (Lipinski definition) is 2. The van der Waals surface area contributed by atoms with Crippen molar-refractivity contribution >= 4 is 23.1 Å². The number of nitrogens with one attached hydrogen (secondary N) is 1. The minimum absolute atomic E-state index is 0.00514. The summed E-state index contributed by atoms with van der Waals surface area (Å²) < 4.78 is 0. The van der Waals surface area contributed by atoms with Crippen LogP contribution in [-0.2, 0) is 4.79 Å². The lowest BCUT2D eigenvalue weighted by Gasteiger charge is -2.30. The maximum absolute atomic E-state index is 12.2. The standard InChI is InChI=1S/C12H24N2OS/c1-4-7-12(8-5-2,10(13)16)11(15)14-9-6-3/h4-9H2,1-3H3,(H2,13,16)(H,14,15). The van der Waals surface area contributed by atoms with Crippen molar-refractivity contribution in [1.29, 1.82) is 0 Å². The SMILES string of the molecule is CCCNC(=O)C(CCC)(CCC)C(N)=S. The lowest BCUT2D eigenvalue weighted by atomic mass is 9.78. The fourth-order valence-electron chi connectivity index (χ4n) is 1.97. The van der Waals surface area contributed by atoms with Gasteiger partial charge in [-0.05, 0) is 19.3 Å². The number of thiocarbonyl (C=S) groups is 1. The van der Waals surface area contributed by atoms with Gasteiger partial charge in [0.05, 0.1) is 10.4 Å². The highest BCUT2D eigenvalue weighted by atomic mass is 32.1. The zero-order chi connectivity index (χ0) is 12.6. The molecule has 0 radical (unpaired) electrons. The smallest absolute Gasteiger partial charge is 0.233 e. The van der Waals surface area contributed by atoms with Gasteiger partial charge in [-0.2, -0.15) is 0 Å². The molecule has 0 spiro atoms. The molecule has 16 heavy (non-hydrogen) atoms. The molecule has 0 aromatic heterocycles. The van der Waals surface area contributed by atoms with Crippen molar-refractivity contribution in [2.24, 2.45) is 11.1 Å². The molecule has 0 aliphatic carbocycles. The van der Waals surface area contributed by atoms with E-state index in [4.69, 9.17) is 18.0 Å². The molecule has 0 saturated carbocycles. The Labute approximate surface area is 104 Å². The Balaban J connectivity index is 4.85. The minimum atomic E-state index is -0.631. The summed E-state index contributed by atoms with van der Waals surface area (Å²) in [5, 5.41) is 2.92. The lowest BCUT2D eigenvalue weighted by Crippen LogP contribution is -2.49. The Kier molecular flexibility index (Phi) is 7.30. The molecule has 0 atom stereocenters. The van der Waals surface area contributed by atoms with Gasteiger partial charge in [-0.1, -0.05) is 45.8 Å². The molecule has 0 aliphatic heterocycles. The number of amides is 1. The van der Waals surface area contributed by atoms with Gasteiger partial charge in [0.1, 0.15) is 0 Å². The highest BCUT2D eigenvalue weighted by Crippen LogP contribution is 2.30. The summed E-state index contributed by atoms with van der Waals surface area (Å²) in [6.07, 6.45) is 4.24. The van der Waals surface area contributed by atoms with E-state index in [1.807, 2.05) is 6.92 Å². The van der Waals surface area contributed by atoms with Crippen LogP contribution >= 0.6 is 12.2 Å². The predicted octanol–water partition coefficient (Wildman–Crippen LogP) is 2.39. The largest absolute Gasteiger partial charge is 0.392 e. The number of rotatable bonds is 8. The number of hydrogen-bond acceptors (Lipinski definition) is 2. The van der Waals surface area contributed by atoms with Crippen LogP contribution in [0.15, 0.2) is 0 Å². The maximum atomic E-state index is 12.2. The normalized spacial score (nSPS) is 11.2. The molecule has 0 saturated heterocycles. The Morgan fingerprint density at radius 3 is 2.00 bits per heavy atom. The zero-order valence-electron chi connectivity index (χ0n) is 10.6. The summed E-state index contributed by atoms with van der Waals surface area (Å²) in [5.41, 5.74) is 5.16. The fourth-order valence-corrected chi connectivity index (χ4v) is 2.27. The Hall–Kier alpha value is -0.640. The van der Waals surface area contributed by atoms with Crippen LogP contribution in [0.1, 0.15) is 52.9 Å². The quantitative estimate of drug-likeness (QED) is 0.645. The van der Waals surface area contributed by atoms with Gasteiger partial charge in [0, 0.05) is 6.54 Å². The van der Waals surface area contributed by atoms with Crippen molar-refractivity contribution in [2.75, 3.05) is 6.54 Å². The van der Waals surface area contributed by atoms with Crippen LogP contribution in [-0.4, -0.2) is 17.4 Å². The average molecular weight is 244 g/mol. The molecule has 0 bridgehead atoms. The molecule has 0 fully saturated rings. The van der Waals surface area contributed by atoms with Crippen molar-refractivity contribution in [3.05, 3.63) is 0 Å². The molecule has 3 nitrogen and oxygen atoms in total. The minimum Gasteiger partial charge on any atom is -0.392 e. The molecule has 0 aliphatic rings. The molecular weight excluding hydrogens is 220 g/mol. The lowest BCUT2D eigenvalue weighted by molar-refractivity contribution is -0.128. The van der Waals surface area contributed by atoms with E-state index in [-0.39, 0.29) is 5.91 Å². The number of nitrogens with two attached hydrogens (primary N) is 1. The van der Waals surface area contributed by atoms with E-state index >= 15 is 0 Å². The highest BCUT2D eigenvalue weighted by molar-refractivity contribution is 7.80. The van der Waals surface area contributed by atoms with E-state index in [0.717, 1.165) is 32.1 Å². The summed E-state index contributed by atoms with van der Waals surface area (Å²) in [4.78, 5) is 12.5. The summed E-state index contributed by atoms with van der Waals surface area (Å²) in [6.45, 7) is 6.82. The van der Waals surface area contributed by atoms with Gasteiger partial charge in [-0.15, -0.1) is 0 Å². The monoisotopic (exact) mass is 244 g/mol. The van der Waals surface area contributed by atoms with Crippen LogP contribution in [0, 0.1) is 5.41 Å². The Morgan fingerprint density at radius 1 is 1.19 bits per heavy atom.